The first-order valence-electron chi connectivity index (χ1n) is 8.21. The van der Waals surface area contributed by atoms with Gasteiger partial charge in [0.1, 0.15) is 5.69 Å². The summed E-state index contributed by atoms with van der Waals surface area (Å²) in [4.78, 5) is 33.3. The predicted molar refractivity (Wildman–Crippen MR) is 84.0 cm³/mol. The number of aryl methyl sites for hydroxylation is 2. The molecule has 0 saturated carbocycles. The third-order valence-electron chi connectivity index (χ3n) is 4.70. The van der Waals surface area contributed by atoms with E-state index in [1.807, 2.05) is 18.9 Å². The molecule has 2 aliphatic heterocycles. The summed E-state index contributed by atoms with van der Waals surface area (Å²) in [6.45, 7) is 5.57. The van der Waals surface area contributed by atoms with Crippen LogP contribution >= 0.6 is 0 Å². The van der Waals surface area contributed by atoms with Crippen LogP contribution in [0.2, 0.25) is 0 Å². The van der Waals surface area contributed by atoms with Crippen molar-refractivity contribution in [3.63, 3.8) is 0 Å². The molecule has 1 unspecified atom stereocenters. The quantitative estimate of drug-likeness (QED) is 0.793. The van der Waals surface area contributed by atoms with Gasteiger partial charge in [0.15, 0.2) is 0 Å². The second kappa shape index (κ2) is 6.70. The first-order chi connectivity index (χ1) is 11.1. The number of piperidine rings is 1. The first kappa shape index (κ1) is 16.0. The molecule has 0 spiro atoms. The topological polar surface area (TPSA) is 67.7 Å². The van der Waals surface area contributed by atoms with Gasteiger partial charge in [0.2, 0.25) is 5.91 Å². The average molecular weight is 320 g/mol. The van der Waals surface area contributed by atoms with Crippen LogP contribution in [0.25, 0.3) is 0 Å². The van der Waals surface area contributed by atoms with Crippen molar-refractivity contribution in [1.29, 1.82) is 0 Å². The molecule has 7 heteroatoms. The summed E-state index contributed by atoms with van der Waals surface area (Å²) in [6.07, 6.45) is 3.37. The Labute approximate surface area is 136 Å². The molecule has 0 aromatic carbocycles. The van der Waals surface area contributed by atoms with Gasteiger partial charge in [-0.25, -0.2) is 4.98 Å². The van der Waals surface area contributed by atoms with Crippen molar-refractivity contribution in [1.82, 2.24) is 19.4 Å². The van der Waals surface area contributed by atoms with Crippen LogP contribution in [0.3, 0.4) is 0 Å². The molecule has 2 saturated heterocycles. The highest BCUT2D eigenvalue weighted by molar-refractivity contribution is 5.94. The lowest BCUT2D eigenvalue weighted by Crippen LogP contribution is -2.49. The Bertz CT molecular complexity index is 573. The van der Waals surface area contributed by atoms with Crippen LogP contribution in [-0.2, 0) is 16.6 Å². The summed E-state index contributed by atoms with van der Waals surface area (Å²) >= 11 is 0. The molecule has 1 atom stereocenters. The average Bonchev–Trinajstić information content (AvgIpc) is 2.93. The second-order valence-electron chi connectivity index (χ2n) is 6.32. The zero-order valence-corrected chi connectivity index (χ0v) is 13.8. The van der Waals surface area contributed by atoms with E-state index in [2.05, 4.69) is 4.98 Å². The number of morpholine rings is 1. The maximum absolute atomic E-state index is 12.8. The number of aromatic nitrogens is 2. The standard InChI is InChI=1S/C16H24N4O3/c1-12-14(18(2)11-17-12)16(22)20-5-3-4-13(10-20)15(21)19-6-8-23-9-7-19/h11,13H,3-10H2,1-2H3. The number of ether oxygens (including phenoxy) is 1. The van der Waals surface area contributed by atoms with Gasteiger partial charge in [0, 0.05) is 33.2 Å². The first-order valence-corrected chi connectivity index (χ1v) is 8.21. The summed E-state index contributed by atoms with van der Waals surface area (Å²) in [5.74, 6) is 0.0360. The third-order valence-corrected chi connectivity index (χ3v) is 4.70. The number of imidazole rings is 1. The zero-order chi connectivity index (χ0) is 16.4. The normalized spacial score (nSPS) is 22.3. The molecule has 0 aliphatic carbocycles. The molecule has 3 heterocycles. The van der Waals surface area contributed by atoms with E-state index in [0.29, 0.717) is 45.1 Å². The summed E-state index contributed by atoms with van der Waals surface area (Å²) < 4.78 is 7.06. The number of carbonyl (C=O) groups excluding carboxylic acids is 2. The van der Waals surface area contributed by atoms with E-state index in [0.717, 1.165) is 18.5 Å². The van der Waals surface area contributed by atoms with Gasteiger partial charge in [-0.05, 0) is 19.8 Å². The molecule has 0 radical (unpaired) electrons. The number of hydrogen-bond donors (Lipinski definition) is 0. The zero-order valence-electron chi connectivity index (χ0n) is 13.8. The van der Waals surface area contributed by atoms with E-state index in [4.69, 9.17) is 4.74 Å². The highest BCUT2D eigenvalue weighted by atomic mass is 16.5. The van der Waals surface area contributed by atoms with Crippen molar-refractivity contribution >= 4 is 11.8 Å². The van der Waals surface area contributed by atoms with Gasteiger partial charge in [-0.1, -0.05) is 0 Å². The van der Waals surface area contributed by atoms with Crippen molar-refractivity contribution < 1.29 is 14.3 Å². The van der Waals surface area contributed by atoms with E-state index in [1.165, 1.54) is 0 Å². The Morgan fingerprint density at radius 3 is 2.61 bits per heavy atom. The molecule has 1 aromatic rings. The van der Waals surface area contributed by atoms with Gasteiger partial charge < -0.3 is 19.1 Å². The molecular formula is C16H24N4O3. The van der Waals surface area contributed by atoms with E-state index in [-0.39, 0.29) is 17.7 Å². The number of nitrogens with zero attached hydrogens (tertiary/aromatic N) is 4. The Balaban J connectivity index is 1.68. The number of amides is 2. The molecule has 126 valence electrons. The molecule has 2 amide bonds. The number of hydrogen-bond acceptors (Lipinski definition) is 4. The lowest BCUT2D eigenvalue weighted by atomic mass is 9.96. The Morgan fingerprint density at radius 2 is 1.96 bits per heavy atom. The molecular weight excluding hydrogens is 296 g/mol. The van der Waals surface area contributed by atoms with Crippen molar-refractivity contribution in [3.8, 4) is 0 Å². The van der Waals surface area contributed by atoms with Crippen LogP contribution in [0.5, 0.6) is 0 Å². The van der Waals surface area contributed by atoms with Crippen LogP contribution in [0, 0.1) is 12.8 Å². The van der Waals surface area contributed by atoms with Crippen molar-refractivity contribution in [2.24, 2.45) is 13.0 Å². The Hall–Kier alpha value is -1.89. The van der Waals surface area contributed by atoms with Gasteiger partial charge >= 0.3 is 0 Å². The third kappa shape index (κ3) is 3.24. The summed E-state index contributed by atoms with van der Waals surface area (Å²) in [7, 11) is 1.83. The minimum atomic E-state index is -0.0978. The van der Waals surface area contributed by atoms with Gasteiger partial charge in [0.25, 0.3) is 5.91 Å². The molecule has 2 aliphatic rings. The maximum atomic E-state index is 12.8. The summed E-state index contributed by atoms with van der Waals surface area (Å²) in [5, 5.41) is 0. The van der Waals surface area contributed by atoms with Gasteiger partial charge in [0.05, 0.1) is 31.2 Å². The van der Waals surface area contributed by atoms with Gasteiger partial charge in [-0.3, -0.25) is 9.59 Å². The highest BCUT2D eigenvalue weighted by Gasteiger charge is 2.33. The van der Waals surface area contributed by atoms with Gasteiger partial charge in [-0.2, -0.15) is 0 Å². The molecule has 2 fully saturated rings. The van der Waals surface area contributed by atoms with Crippen LogP contribution in [-0.4, -0.2) is 70.6 Å². The number of carbonyl (C=O) groups is 2. The molecule has 0 N–H and O–H groups in total. The maximum Gasteiger partial charge on any atom is 0.272 e. The van der Waals surface area contributed by atoms with E-state index in [9.17, 15) is 9.59 Å². The van der Waals surface area contributed by atoms with E-state index in [1.54, 1.807) is 15.8 Å². The lowest BCUT2D eigenvalue weighted by Gasteiger charge is -2.36. The van der Waals surface area contributed by atoms with Crippen molar-refractivity contribution in [2.45, 2.75) is 19.8 Å². The van der Waals surface area contributed by atoms with Crippen LogP contribution in [0.15, 0.2) is 6.33 Å². The Morgan fingerprint density at radius 1 is 1.22 bits per heavy atom. The van der Waals surface area contributed by atoms with Crippen molar-refractivity contribution in [2.75, 3.05) is 39.4 Å². The lowest BCUT2D eigenvalue weighted by molar-refractivity contribution is -0.141. The van der Waals surface area contributed by atoms with E-state index >= 15 is 0 Å². The highest BCUT2D eigenvalue weighted by Crippen LogP contribution is 2.22. The SMILES string of the molecule is Cc1ncn(C)c1C(=O)N1CCCC(C(=O)N2CCOCC2)C1. The van der Waals surface area contributed by atoms with Crippen LogP contribution in [0.1, 0.15) is 29.0 Å². The fourth-order valence-electron chi connectivity index (χ4n) is 3.41. The molecule has 3 rings (SSSR count). The molecule has 23 heavy (non-hydrogen) atoms. The number of likely N-dealkylation sites (tertiary alicyclic amines) is 1. The predicted octanol–water partition coefficient (Wildman–Crippen LogP) is 0.440. The Kier molecular flexibility index (Phi) is 4.66. The molecule has 1 aromatic heterocycles. The fourth-order valence-corrected chi connectivity index (χ4v) is 3.41. The van der Waals surface area contributed by atoms with E-state index < -0.39 is 0 Å². The smallest absolute Gasteiger partial charge is 0.272 e. The number of rotatable bonds is 2. The monoisotopic (exact) mass is 320 g/mol. The molecule has 0 bridgehead atoms. The minimum Gasteiger partial charge on any atom is -0.378 e. The second-order valence-corrected chi connectivity index (χ2v) is 6.32. The molecule has 7 nitrogen and oxygen atoms in total. The van der Waals surface area contributed by atoms with Crippen LogP contribution in [0.4, 0.5) is 0 Å². The summed E-state index contributed by atoms with van der Waals surface area (Å²) in [6, 6.07) is 0. The summed E-state index contributed by atoms with van der Waals surface area (Å²) in [5.41, 5.74) is 1.35. The van der Waals surface area contributed by atoms with Gasteiger partial charge in [-0.15, -0.1) is 0 Å². The largest absolute Gasteiger partial charge is 0.378 e. The fraction of sp³-hybridized carbons (Fsp3) is 0.688. The minimum absolute atomic E-state index is 0.0259. The van der Waals surface area contributed by atoms with Crippen LogP contribution < -0.4 is 0 Å². The van der Waals surface area contributed by atoms with Crippen molar-refractivity contribution in [3.05, 3.63) is 17.7 Å².